The molecule has 1 aliphatic carbocycles. The molecule has 1 aliphatic rings. The molecule has 142 valence electrons. The number of benzene rings is 1. The second kappa shape index (κ2) is 9.18. The lowest BCUT2D eigenvalue weighted by molar-refractivity contribution is -0.256. The monoisotopic (exact) mass is 369 g/mol. The number of nitrogens with zero attached hydrogens (tertiary/aromatic N) is 1. The highest BCUT2D eigenvalue weighted by atomic mass is 19.3. The van der Waals surface area contributed by atoms with Gasteiger partial charge in [0.2, 0.25) is 0 Å². The highest BCUT2D eigenvalue weighted by molar-refractivity contribution is 5.34. The molecule has 26 heavy (non-hydrogen) atoms. The summed E-state index contributed by atoms with van der Waals surface area (Å²) in [7, 11) is 0. The standard InChI is InChI=1S/C20H23F4NO/c1-2-3-4-14-5-7-15(8-6-14)11-20(23,24)26-13-16-9-18(21)17(12-25)19(22)10-16/h2,9-10,14-15H,1,3-8,11,13H2/t14-,15-. The topological polar surface area (TPSA) is 33.0 Å². The summed E-state index contributed by atoms with van der Waals surface area (Å²) in [5.41, 5.74) is -0.791. The third-order valence-corrected chi connectivity index (χ3v) is 4.94. The molecule has 0 atom stereocenters. The predicted octanol–water partition coefficient (Wildman–Crippen LogP) is 6.11. The van der Waals surface area contributed by atoms with Crippen LogP contribution in [0.25, 0.3) is 0 Å². The Morgan fingerprint density at radius 2 is 1.73 bits per heavy atom. The molecule has 2 nitrogen and oxygen atoms in total. The Morgan fingerprint density at radius 3 is 2.27 bits per heavy atom. The average Bonchev–Trinajstić information content (AvgIpc) is 2.59. The van der Waals surface area contributed by atoms with Crippen molar-refractivity contribution in [3.63, 3.8) is 0 Å². The molecule has 0 amide bonds. The van der Waals surface area contributed by atoms with E-state index < -0.39 is 29.9 Å². The van der Waals surface area contributed by atoms with E-state index in [4.69, 9.17) is 5.26 Å². The maximum Gasteiger partial charge on any atom is 0.356 e. The van der Waals surface area contributed by atoms with E-state index in [0.717, 1.165) is 50.7 Å². The van der Waals surface area contributed by atoms with E-state index >= 15 is 0 Å². The molecule has 0 bridgehead atoms. The highest BCUT2D eigenvalue weighted by Gasteiger charge is 2.35. The van der Waals surface area contributed by atoms with Crippen LogP contribution < -0.4 is 0 Å². The van der Waals surface area contributed by atoms with Crippen LogP contribution in [0.1, 0.15) is 56.1 Å². The minimum atomic E-state index is -3.35. The molecular formula is C20H23F4NO. The van der Waals surface area contributed by atoms with Crippen molar-refractivity contribution in [3.05, 3.63) is 47.5 Å². The molecular weight excluding hydrogens is 346 g/mol. The maximum atomic E-state index is 14.1. The number of nitriles is 1. The van der Waals surface area contributed by atoms with E-state index in [1.54, 1.807) is 0 Å². The minimum Gasteiger partial charge on any atom is -0.316 e. The van der Waals surface area contributed by atoms with E-state index in [9.17, 15) is 17.6 Å². The normalized spacial score (nSPS) is 20.6. The minimum absolute atomic E-state index is 0.0631. The Morgan fingerprint density at radius 1 is 1.15 bits per heavy atom. The van der Waals surface area contributed by atoms with Gasteiger partial charge in [0.05, 0.1) is 6.61 Å². The second-order valence-electron chi connectivity index (χ2n) is 6.93. The molecule has 0 radical (unpaired) electrons. The van der Waals surface area contributed by atoms with Gasteiger partial charge >= 0.3 is 6.11 Å². The quantitative estimate of drug-likeness (QED) is 0.409. The van der Waals surface area contributed by atoms with Gasteiger partial charge in [-0.3, -0.25) is 0 Å². The van der Waals surface area contributed by atoms with Gasteiger partial charge in [0.15, 0.2) is 0 Å². The Balaban J connectivity index is 1.84. The van der Waals surface area contributed by atoms with E-state index in [-0.39, 0.29) is 17.9 Å². The smallest absolute Gasteiger partial charge is 0.316 e. The lowest BCUT2D eigenvalue weighted by atomic mass is 9.78. The number of halogens is 4. The lowest BCUT2D eigenvalue weighted by Gasteiger charge is -2.30. The first-order chi connectivity index (χ1) is 12.3. The summed E-state index contributed by atoms with van der Waals surface area (Å²) in [5, 5.41) is 8.61. The molecule has 1 aromatic rings. The molecule has 0 unspecified atom stereocenters. The fraction of sp³-hybridized carbons (Fsp3) is 0.550. The molecule has 1 aromatic carbocycles. The number of hydrogen-bond acceptors (Lipinski definition) is 2. The van der Waals surface area contributed by atoms with Crippen LogP contribution in [0, 0.1) is 34.8 Å². The first-order valence-corrected chi connectivity index (χ1v) is 8.85. The van der Waals surface area contributed by atoms with Crippen LogP contribution in [0.15, 0.2) is 24.8 Å². The Hall–Kier alpha value is -1.87. The average molecular weight is 369 g/mol. The summed E-state index contributed by atoms with van der Waals surface area (Å²) < 4.78 is 59.8. The van der Waals surface area contributed by atoms with Crippen molar-refractivity contribution in [2.45, 2.75) is 57.7 Å². The Labute approximate surface area is 151 Å². The maximum absolute atomic E-state index is 14.1. The number of ether oxygens (including phenoxy) is 1. The van der Waals surface area contributed by atoms with Crippen LogP contribution in [0.2, 0.25) is 0 Å². The van der Waals surface area contributed by atoms with Gasteiger partial charge in [-0.05, 0) is 55.2 Å². The van der Waals surface area contributed by atoms with Crippen molar-refractivity contribution in [2.75, 3.05) is 0 Å². The highest BCUT2D eigenvalue weighted by Crippen LogP contribution is 2.38. The molecule has 6 heteroatoms. The number of hydrogen-bond donors (Lipinski definition) is 0. The van der Waals surface area contributed by atoms with Crippen molar-refractivity contribution >= 4 is 0 Å². The van der Waals surface area contributed by atoms with Crippen LogP contribution in [0.4, 0.5) is 17.6 Å². The van der Waals surface area contributed by atoms with Crippen LogP contribution in [-0.4, -0.2) is 6.11 Å². The number of allylic oxidation sites excluding steroid dienone is 1. The first kappa shape index (κ1) is 20.4. The van der Waals surface area contributed by atoms with E-state index in [1.165, 1.54) is 6.07 Å². The van der Waals surface area contributed by atoms with E-state index in [0.29, 0.717) is 5.92 Å². The van der Waals surface area contributed by atoms with Crippen molar-refractivity contribution < 1.29 is 22.3 Å². The molecule has 0 aromatic heterocycles. The number of alkyl halides is 2. The van der Waals surface area contributed by atoms with E-state index in [2.05, 4.69) is 11.3 Å². The van der Waals surface area contributed by atoms with Gasteiger partial charge in [0, 0.05) is 6.42 Å². The van der Waals surface area contributed by atoms with Crippen LogP contribution in [-0.2, 0) is 11.3 Å². The summed E-state index contributed by atoms with van der Waals surface area (Å²) in [4.78, 5) is 0. The fourth-order valence-corrected chi connectivity index (χ4v) is 3.48. The van der Waals surface area contributed by atoms with Crippen molar-refractivity contribution in [2.24, 2.45) is 11.8 Å². The Kier molecular flexibility index (Phi) is 7.22. The third kappa shape index (κ3) is 5.84. The summed E-state index contributed by atoms with van der Waals surface area (Å²) in [6.45, 7) is 3.09. The zero-order chi connectivity index (χ0) is 19.2. The SMILES string of the molecule is C=CCC[C@H]1CC[C@H](CC(F)(F)OCc2cc(F)c(C#N)c(F)c2)CC1. The molecule has 0 spiro atoms. The van der Waals surface area contributed by atoms with Crippen LogP contribution in [0.3, 0.4) is 0 Å². The predicted molar refractivity (Wildman–Crippen MR) is 90.3 cm³/mol. The van der Waals surface area contributed by atoms with Crippen LogP contribution >= 0.6 is 0 Å². The number of rotatable bonds is 8. The van der Waals surface area contributed by atoms with Crippen molar-refractivity contribution in [1.29, 1.82) is 5.26 Å². The molecule has 0 heterocycles. The molecule has 0 N–H and O–H groups in total. The summed E-state index contributed by atoms with van der Waals surface area (Å²) in [5.74, 6) is -1.69. The molecule has 0 aliphatic heterocycles. The van der Waals surface area contributed by atoms with Gasteiger partial charge in [0.1, 0.15) is 23.3 Å². The summed E-state index contributed by atoms with van der Waals surface area (Å²) in [6, 6.07) is 3.09. The first-order valence-electron chi connectivity index (χ1n) is 8.85. The van der Waals surface area contributed by atoms with Crippen LogP contribution in [0.5, 0.6) is 0 Å². The van der Waals surface area contributed by atoms with E-state index in [1.807, 2.05) is 6.08 Å². The molecule has 2 rings (SSSR count). The third-order valence-electron chi connectivity index (χ3n) is 4.94. The van der Waals surface area contributed by atoms with Crippen molar-refractivity contribution in [1.82, 2.24) is 0 Å². The van der Waals surface area contributed by atoms with Gasteiger partial charge < -0.3 is 4.74 Å². The zero-order valence-corrected chi connectivity index (χ0v) is 14.6. The largest absolute Gasteiger partial charge is 0.356 e. The van der Waals surface area contributed by atoms with Gasteiger partial charge in [-0.2, -0.15) is 14.0 Å². The fourth-order valence-electron chi connectivity index (χ4n) is 3.48. The van der Waals surface area contributed by atoms with Gasteiger partial charge in [-0.15, -0.1) is 6.58 Å². The summed E-state index contributed by atoms with van der Waals surface area (Å²) >= 11 is 0. The molecule has 1 fully saturated rings. The van der Waals surface area contributed by atoms with Crippen molar-refractivity contribution in [3.8, 4) is 6.07 Å². The molecule has 0 saturated heterocycles. The second-order valence-corrected chi connectivity index (χ2v) is 6.93. The molecule has 1 saturated carbocycles. The Bertz CT molecular complexity index is 637. The van der Waals surface area contributed by atoms with Gasteiger partial charge in [0.25, 0.3) is 0 Å². The zero-order valence-electron chi connectivity index (χ0n) is 14.6. The summed E-state index contributed by atoms with van der Waals surface area (Å²) in [6.07, 6.45) is 3.49. The van der Waals surface area contributed by atoms with Gasteiger partial charge in [-0.1, -0.05) is 18.9 Å². The van der Waals surface area contributed by atoms with Gasteiger partial charge in [-0.25, -0.2) is 8.78 Å². The lowest BCUT2D eigenvalue weighted by Crippen LogP contribution is -2.27.